The van der Waals surface area contributed by atoms with Crippen molar-refractivity contribution in [2.75, 3.05) is 0 Å². The largest absolute Gasteiger partial charge is 0.331 e. The van der Waals surface area contributed by atoms with E-state index in [4.69, 9.17) is 0 Å². The number of fused-ring (bicyclic) bond motifs is 1. The second-order valence-corrected chi connectivity index (χ2v) is 2.82. The molecule has 0 fully saturated rings. The Morgan fingerprint density at radius 1 is 1.64 bits per heavy atom. The lowest BCUT2D eigenvalue weighted by Gasteiger charge is -2.24. The molecule has 0 aromatic rings. The molecule has 0 aromatic carbocycles. The third-order valence-corrected chi connectivity index (χ3v) is 2.02. The Hall–Kier alpha value is -1.12. The lowest BCUT2D eigenvalue weighted by molar-refractivity contribution is -0.121. The molecule has 3 nitrogen and oxygen atoms in total. The summed E-state index contributed by atoms with van der Waals surface area (Å²) in [5.74, 6) is 0.0813. The van der Waals surface area contributed by atoms with Gasteiger partial charge in [-0.3, -0.25) is 9.79 Å². The van der Waals surface area contributed by atoms with Crippen LogP contribution in [0.15, 0.2) is 16.6 Å². The number of hydrogen-bond donors (Lipinski definition) is 1. The smallest absolute Gasteiger partial charge is 0.225 e. The van der Waals surface area contributed by atoms with Crippen LogP contribution in [0.2, 0.25) is 0 Å². The zero-order valence-electron chi connectivity index (χ0n) is 6.21. The van der Waals surface area contributed by atoms with Crippen LogP contribution >= 0.6 is 0 Å². The van der Waals surface area contributed by atoms with E-state index in [0.717, 1.165) is 12.8 Å². The summed E-state index contributed by atoms with van der Waals surface area (Å²) >= 11 is 0. The van der Waals surface area contributed by atoms with Gasteiger partial charge < -0.3 is 5.32 Å². The van der Waals surface area contributed by atoms with Crippen LogP contribution in [0.25, 0.3) is 0 Å². The van der Waals surface area contributed by atoms with Crippen LogP contribution in [-0.4, -0.2) is 18.3 Å². The summed E-state index contributed by atoms with van der Waals surface area (Å²) in [4.78, 5) is 15.1. The summed E-state index contributed by atoms with van der Waals surface area (Å²) < 4.78 is 0. The molecule has 2 aliphatic heterocycles. The third-order valence-electron chi connectivity index (χ3n) is 2.02. The first-order valence-electron chi connectivity index (χ1n) is 3.86. The quantitative estimate of drug-likeness (QED) is 0.505. The average molecular weight is 150 g/mol. The summed E-state index contributed by atoms with van der Waals surface area (Å²) in [5.41, 5.74) is 1.27. The molecule has 3 heteroatoms. The van der Waals surface area contributed by atoms with E-state index in [1.807, 2.05) is 12.3 Å². The summed E-state index contributed by atoms with van der Waals surface area (Å²) in [7, 11) is 0. The van der Waals surface area contributed by atoms with Crippen LogP contribution in [-0.2, 0) is 4.79 Å². The number of carbonyl (C=O) groups excluding carboxylic acids is 1. The lowest BCUT2D eigenvalue weighted by atomic mass is 10.0. The molecule has 0 spiro atoms. The van der Waals surface area contributed by atoms with Crippen LogP contribution in [0.5, 0.6) is 0 Å². The zero-order valence-corrected chi connectivity index (χ0v) is 6.21. The van der Waals surface area contributed by atoms with Crippen molar-refractivity contribution in [3.8, 4) is 0 Å². The first kappa shape index (κ1) is 6.58. The molecule has 0 saturated heterocycles. The predicted molar refractivity (Wildman–Crippen MR) is 42.4 cm³/mol. The van der Waals surface area contributed by atoms with Gasteiger partial charge in [-0.2, -0.15) is 0 Å². The standard InChI is InChI=1S/C8H10N2O/c11-7-4-3-6-2-1-5-9-8(6)10-7/h3,5,8H,1-2,4H2,(H,10,11). The van der Waals surface area contributed by atoms with Crippen molar-refractivity contribution in [2.24, 2.45) is 4.99 Å². The highest BCUT2D eigenvalue weighted by Gasteiger charge is 2.21. The van der Waals surface area contributed by atoms with E-state index in [2.05, 4.69) is 10.3 Å². The zero-order chi connectivity index (χ0) is 7.68. The van der Waals surface area contributed by atoms with Gasteiger partial charge in [0.15, 0.2) is 0 Å². The second-order valence-electron chi connectivity index (χ2n) is 2.82. The van der Waals surface area contributed by atoms with E-state index in [0.29, 0.717) is 6.42 Å². The molecule has 1 N–H and O–H groups in total. The molecule has 0 radical (unpaired) electrons. The van der Waals surface area contributed by atoms with Crippen molar-refractivity contribution in [2.45, 2.75) is 25.4 Å². The van der Waals surface area contributed by atoms with Gasteiger partial charge in [0, 0.05) is 12.6 Å². The van der Waals surface area contributed by atoms with E-state index >= 15 is 0 Å². The van der Waals surface area contributed by atoms with Gasteiger partial charge in [0.1, 0.15) is 6.17 Å². The topological polar surface area (TPSA) is 41.5 Å². The maximum absolute atomic E-state index is 10.9. The molecular weight excluding hydrogens is 140 g/mol. The minimum atomic E-state index is -0.0370. The van der Waals surface area contributed by atoms with Crippen LogP contribution in [0, 0.1) is 0 Å². The highest BCUT2D eigenvalue weighted by Crippen LogP contribution is 2.19. The van der Waals surface area contributed by atoms with Crippen molar-refractivity contribution < 1.29 is 4.79 Å². The number of nitrogens with zero attached hydrogens (tertiary/aromatic N) is 1. The Bertz CT molecular complexity index is 242. The molecule has 0 bridgehead atoms. The van der Waals surface area contributed by atoms with Gasteiger partial charge in [-0.25, -0.2) is 0 Å². The summed E-state index contributed by atoms with van der Waals surface area (Å²) in [5, 5.41) is 2.81. The van der Waals surface area contributed by atoms with E-state index in [-0.39, 0.29) is 12.1 Å². The maximum Gasteiger partial charge on any atom is 0.225 e. The van der Waals surface area contributed by atoms with Crippen LogP contribution < -0.4 is 5.32 Å². The highest BCUT2D eigenvalue weighted by atomic mass is 16.1. The molecule has 2 heterocycles. The Labute approximate surface area is 65.2 Å². The molecule has 11 heavy (non-hydrogen) atoms. The maximum atomic E-state index is 10.9. The van der Waals surface area contributed by atoms with Gasteiger partial charge in [0.2, 0.25) is 5.91 Å². The molecule has 0 saturated carbocycles. The summed E-state index contributed by atoms with van der Waals surface area (Å²) in [6.07, 6.45) is 6.44. The predicted octanol–water partition coefficient (Wildman–Crippen LogP) is 0.623. The number of rotatable bonds is 0. The summed E-state index contributed by atoms with van der Waals surface area (Å²) in [6.45, 7) is 0. The average Bonchev–Trinajstić information content (AvgIpc) is 2.04. The molecular formula is C8H10N2O. The van der Waals surface area contributed by atoms with Gasteiger partial charge in [-0.05, 0) is 18.4 Å². The Morgan fingerprint density at radius 3 is 3.45 bits per heavy atom. The first-order valence-corrected chi connectivity index (χ1v) is 3.86. The van der Waals surface area contributed by atoms with Crippen molar-refractivity contribution in [1.82, 2.24) is 5.32 Å². The van der Waals surface area contributed by atoms with Gasteiger partial charge >= 0.3 is 0 Å². The minimum Gasteiger partial charge on any atom is -0.331 e. The van der Waals surface area contributed by atoms with E-state index in [1.165, 1.54) is 5.57 Å². The Balaban J connectivity index is 2.23. The monoisotopic (exact) mass is 150 g/mol. The number of nitrogens with one attached hydrogen (secondary N) is 1. The molecule has 1 atom stereocenters. The van der Waals surface area contributed by atoms with Gasteiger partial charge in [0.25, 0.3) is 0 Å². The van der Waals surface area contributed by atoms with E-state index in [1.54, 1.807) is 0 Å². The SMILES string of the molecule is O=C1CC=C2CCC=NC2N1. The third kappa shape index (κ3) is 1.18. The molecule has 1 amide bonds. The van der Waals surface area contributed by atoms with Gasteiger partial charge in [-0.1, -0.05) is 6.08 Å². The fourth-order valence-electron chi connectivity index (χ4n) is 1.42. The molecule has 0 aliphatic carbocycles. The normalized spacial score (nSPS) is 28.9. The number of hydrogen-bond acceptors (Lipinski definition) is 2. The lowest BCUT2D eigenvalue weighted by Crippen LogP contribution is -2.39. The van der Waals surface area contributed by atoms with Crippen molar-refractivity contribution in [1.29, 1.82) is 0 Å². The number of carbonyl (C=O) groups is 1. The fraction of sp³-hybridized carbons (Fsp3) is 0.500. The molecule has 2 rings (SSSR count). The number of aliphatic imine (C=N–C) groups is 1. The Kier molecular flexibility index (Phi) is 1.49. The van der Waals surface area contributed by atoms with Crippen molar-refractivity contribution in [3.05, 3.63) is 11.6 Å². The van der Waals surface area contributed by atoms with E-state index in [9.17, 15) is 4.79 Å². The fourth-order valence-corrected chi connectivity index (χ4v) is 1.42. The molecule has 58 valence electrons. The van der Waals surface area contributed by atoms with Gasteiger partial charge in [-0.15, -0.1) is 0 Å². The number of amides is 1. The molecule has 0 aromatic heterocycles. The highest BCUT2D eigenvalue weighted by molar-refractivity contribution is 5.80. The second kappa shape index (κ2) is 2.49. The molecule has 2 aliphatic rings. The van der Waals surface area contributed by atoms with E-state index < -0.39 is 0 Å². The first-order chi connectivity index (χ1) is 5.36. The van der Waals surface area contributed by atoms with Crippen LogP contribution in [0.1, 0.15) is 19.3 Å². The van der Waals surface area contributed by atoms with Gasteiger partial charge in [0.05, 0.1) is 0 Å². The Morgan fingerprint density at radius 2 is 2.55 bits per heavy atom. The van der Waals surface area contributed by atoms with Crippen molar-refractivity contribution >= 4 is 12.1 Å². The summed E-state index contributed by atoms with van der Waals surface area (Å²) in [6, 6.07) is 0. The minimum absolute atomic E-state index is 0.0370. The van der Waals surface area contributed by atoms with Crippen molar-refractivity contribution in [3.63, 3.8) is 0 Å². The molecule has 1 unspecified atom stereocenters. The van der Waals surface area contributed by atoms with Crippen LogP contribution in [0.3, 0.4) is 0 Å². The van der Waals surface area contributed by atoms with Crippen LogP contribution in [0.4, 0.5) is 0 Å².